The van der Waals surface area contributed by atoms with Crippen molar-refractivity contribution in [2.45, 2.75) is 25.7 Å². The zero-order valence-electron chi connectivity index (χ0n) is 14.0. The van der Waals surface area contributed by atoms with E-state index in [0.717, 1.165) is 65.2 Å². The maximum absolute atomic E-state index is 12.5. The Hall–Kier alpha value is -1.39. The first-order chi connectivity index (χ1) is 11.3. The normalized spacial score (nSPS) is 20.6. The summed E-state index contributed by atoms with van der Waals surface area (Å²) in [6.07, 6.45) is 4.13. The van der Waals surface area contributed by atoms with Gasteiger partial charge in [0.1, 0.15) is 0 Å². The number of benzene rings is 1. The number of hydrogen-bond donors (Lipinski definition) is 0. The molecule has 4 nitrogen and oxygen atoms in total. The first-order valence-corrected chi connectivity index (χ1v) is 8.96. The highest BCUT2D eigenvalue weighted by atomic mass is 16.5. The number of carbonyl (C=O) groups is 1. The van der Waals surface area contributed by atoms with E-state index in [4.69, 9.17) is 4.74 Å². The van der Waals surface area contributed by atoms with Crippen molar-refractivity contribution in [3.63, 3.8) is 0 Å². The first kappa shape index (κ1) is 16.5. The number of hydrogen-bond acceptors (Lipinski definition) is 3. The van der Waals surface area contributed by atoms with Crippen molar-refractivity contribution in [3.05, 3.63) is 35.9 Å². The van der Waals surface area contributed by atoms with Crippen LogP contribution in [0, 0.1) is 5.92 Å². The topological polar surface area (TPSA) is 32.8 Å². The van der Waals surface area contributed by atoms with Gasteiger partial charge in [-0.15, -0.1) is 0 Å². The molecule has 1 aromatic carbocycles. The van der Waals surface area contributed by atoms with Crippen LogP contribution in [0.3, 0.4) is 0 Å². The Morgan fingerprint density at radius 1 is 1.04 bits per heavy atom. The molecule has 0 bridgehead atoms. The molecule has 0 saturated carbocycles. The van der Waals surface area contributed by atoms with Crippen molar-refractivity contribution < 1.29 is 9.53 Å². The molecule has 1 aromatic rings. The largest absolute Gasteiger partial charge is 0.381 e. The first-order valence-electron chi connectivity index (χ1n) is 8.96. The van der Waals surface area contributed by atoms with Gasteiger partial charge in [0.25, 0.3) is 0 Å². The molecule has 0 spiro atoms. The summed E-state index contributed by atoms with van der Waals surface area (Å²) in [5, 5.41) is 0. The Kier molecular flexibility index (Phi) is 6.06. The summed E-state index contributed by atoms with van der Waals surface area (Å²) in [5.74, 6) is 0.561. The summed E-state index contributed by atoms with van der Waals surface area (Å²) in [6, 6.07) is 10.7. The summed E-state index contributed by atoms with van der Waals surface area (Å²) >= 11 is 0. The predicted octanol–water partition coefficient (Wildman–Crippen LogP) is 2.19. The van der Waals surface area contributed by atoms with Crippen LogP contribution in [-0.4, -0.2) is 61.6 Å². The smallest absolute Gasteiger partial charge is 0.225 e. The number of amides is 1. The quantitative estimate of drug-likeness (QED) is 0.835. The number of nitrogens with zero attached hydrogens (tertiary/aromatic N) is 2. The van der Waals surface area contributed by atoms with E-state index in [-0.39, 0.29) is 5.92 Å². The van der Waals surface area contributed by atoms with Crippen LogP contribution in [-0.2, 0) is 16.0 Å². The molecule has 0 aliphatic carbocycles. The van der Waals surface area contributed by atoms with Gasteiger partial charge in [0.15, 0.2) is 0 Å². The van der Waals surface area contributed by atoms with E-state index in [1.54, 1.807) is 0 Å². The third kappa shape index (κ3) is 4.79. The summed E-state index contributed by atoms with van der Waals surface area (Å²) < 4.78 is 5.36. The summed E-state index contributed by atoms with van der Waals surface area (Å²) in [6.45, 7) is 6.44. The van der Waals surface area contributed by atoms with E-state index in [2.05, 4.69) is 40.1 Å². The van der Waals surface area contributed by atoms with Crippen molar-refractivity contribution in [2.24, 2.45) is 5.92 Å². The van der Waals surface area contributed by atoms with Crippen molar-refractivity contribution in [3.8, 4) is 0 Å². The van der Waals surface area contributed by atoms with Gasteiger partial charge in [-0.3, -0.25) is 9.69 Å². The highest BCUT2D eigenvalue weighted by Gasteiger charge is 2.28. The molecule has 0 radical (unpaired) electrons. The highest BCUT2D eigenvalue weighted by Crippen LogP contribution is 2.18. The molecular formula is C19H28N2O2. The van der Waals surface area contributed by atoms with Crippen molar-refractivity contribution in [2.75, 3.05) is 45.9 Å². The molecule has 0 aromatic heterocycles. The van der Waals surface area contributed by atoms with E-state index in [0.29, 0.717) is 5.91 Å². The number of aryl methyl sites for hydroxylation is 1. The van der Waals surface area contributed by atoms with Gasteiger partial charge in [0.2, 0.25) is 5.91 Å². The minimum absolute atomic E-state index is 0.202. The Labute approximate surface area is 139 Å². The maximum atomic E-state index is 12.5. The molecule has 0 unspecified atom stereocenters. The minimum atomic E-state index is 0.202. The van der Waals surface area contributed by atoms with Gasteiger partial charge in [-0.2, -0.15) is 0 Å². The molecule has 2 aliphatic heterocycles. The second-order valence-electron chi connectivity index (χ2n) is 6.64. The average Bonchev–Trinajstić information content (AvgIpc) is 2.63. The highest BCUT2D eigenvalue weighted by molar-refractivity contribution is 5.79. The number of piperazine rings is 1. The lowest BCUT2D eigenvalue weighted by atomic mass is 9.98. The fourth-order valence-corrected chi connectivity index (χ4v) is 3.55. The Morgan fingerprint density at radius 3 is 2.43 bits per heavy atom. The lowest BCUT2D eigenvalue weighted by Crippen LogP contribution is -2.51. The molecule has 2 heterocycles. The van der Waals surface area contributed by atoms with Gasteiger partial charge in [-0.1, -0.05) is 30.3 Å². The van der Waals surface area contributed by atoms with Crippen LogP contribution >= 0.6 is 0 Å². The van der Waals surface area contributed by atoms with Crippen LogP contribution in [0.1, 0.15) is 24.8 Å². The molecule has 3 rings (SSSR count). The number of ether oxygens (including phenoxy) is 1. The average molecular weight is 316 g/mol. The Balaban J connectivity index is 1.36. The molecule has 0 N–H and O–H groups in total. The van der Waals surface area contributed by atoms with Gasteiger partial charge in [0.05, 0.1) is 0 Å². The standard InChI is InChI=1S/C19H28N2O2/c22-19(18-8-15-23-16-9-18)21-13-11-20(12-14-21)10-4-7-17-5-2-1-3-6-17/h1-3,5-6,18H,4,7-16H2. The van der Waals surface area contributed by atoms with Gasteiger partial charge < -0.3 is 9.64 Å². The van der Waals surface area contributed by atoms with E-state index in [9.17, 15) is 4.79 Å². The monoisotopic (exact) mass is 316 g/mol. The third-order valence-electron chi connectivity index (χ3n) is 5.04. The Bertz CT molecular complexity index is 477. The van der Waals surface area contributed by atoms with Crippen molar-refractivity contribution in [1.82, 2.24) is 9.80 Å². The van der Waals surface area contributed by atoms with E-state index < -0.39 is 0 Å². The van der Waals surface area contributed by atoms with E-state index in [1.165, 1.54) is 12.0 Å². The SMILES string of the molecule is O=C(C1CCOCC1)N1CCN(CCCc2ccccc2)CC1. The summed E-state index contributed by atoms with van der Waals surface area (Å²) in [5.41, 5.74) is 1.42. The zero-order valence-corrected chi connectivity index (χ0v) is 14.0. The molecule has 23 heavy (non-hydrogen) atoms. The van der Waals surface area contributed by atoms with Gasteiger partial charge >= 0.3 is 0 Å². The van der Waals surface area contributed by atoms with Crippen LogP contribution in [0.25, 0.3) is 0 Å². The maximum Gasteiger partial charge on any atom is 0.225 e. The molecule has 2 fully saturated rings. The molecular weight excluding hydrogens is 288 g/mol. The molecule has 0 atom stereocenters. The zero-order chi connectivity index (χ0) is 15.9. The van der Waals surface area contributed by atoms with Crippen molar-refractivity contribution >= 4 is 5.91 Å². The number of carbonyl (C=O) groups excluding carboxylic acids is 1. The van der Waals surface area contributed by atoms with E-state index in [1.807, 2.05) is 0 Å². The summed E-state index contributed by atoms with van der Waals surface area (Å²) in [7, 11) is 0. The molecule has 2 saturated heterocycles. The summed E-state index contributed by atoms with van der Waals surface area (Å²) in [4.78, 5) is 17.1. The van der Waals surface area contributed by atoms with Crippen LogP contribution in [0.15, 0.2) is 30.3 Å². The molecule has 126 valence electrons. The van der Waals surface area contributed by atoms with Crippen LogP contribution in [0.5, 0.6) is 0 Å². The molecule has 2 aliphatic rings. The lowest BCUT2D eigenvalue weighted by Gasteiger charge is -2.37. The molecule has 1 amide bonds. The second-order valence-corrected chi connectivity index (χ2v) is 6.64. The van der Waals surface area contributed by atoms with Crippen LogP contribution < -0.4 is 0 Å². The minimum Gasteiger partial charge on any atom is -0.381 e. The Morgan fingerprint density at radius 2 is 1.74 bits per heavy atom. The van der Waals surface area contributed by atoms with Crippen LogP contribution in [0.4, 0.5) is 0 Å². The fraction of sp³-hybridized carbons (Fsp3) is 0.632. The van der Waals surface area contributed by atoms with Gasteiger partial charge in [-0.25, -0.2) is 0 Å². The van der Waals surface area contributed by atoms with Gasteiger partial charge in [0, 0.05) is 45.3 Å². The second kappa shape index (κ2) is 8.46. The van der Waals surface area contributed by atoms with E-state index >= 15 is 0 Å². The number of rotatable bonds is 5. The molecule has 4 heteroatoms. The third-order valence-corrected chi connectivity index (χ3v) is 5.04. The van der Waals surface area contributed by atoms with Gasteiger partial charge in [-0.05, 0) is 37.8 Å². The fourth-order valence-electron chi connectivity index (χ4n) is 3.55. The predicted molar refractivity (Wildman–Crippen MR) is 91.3 cm³/mol. The van der Waals surface area contributed by atoms with Crippen molar-refractivity contribution in [1.29, 1.82) is 0 Å². The van der Waals surface area contributed by atoms with Crippen LogP contribution in [0.2, 0.25) is 0 Å². The lowest BCUT2D eigenvalue weighted by molar-refractivity contribution is -0.140.